The Kier molecular flexibility index (Phi) is 4.82. The van der Waals surface area contributed by atoms with Crippen LogP contribution in [0, 0.1) is 0 Å². The van der Waals surface area contributed by atoms with Crippen molar-refractivity contribution >= 4 is 5.78 Å². The summed E-state index contributed by atoms with van der Waals surface area (Å²) in [5, 5.41) is 0. The van der Waals surface area contributed by atoms with Gasteiger partial charge in [-0.1, -0.05) is 6.07 Å². The van der Waals surface area contributed by atoms with Crippen molar-refractivity contribution in [2.45, 2.75) is 6.42 Å². The van der Waals surface area contributed by atoms with E-state index >= 15 is 0 Å². The Morgan fingerprint density at radius 2 is 2.43 bits per heavy atom. The lowest BCUT2D eigenvalue weighted by atomic mass is 10.1. The molecule has 0 aromatic carbocycles. The topological polar surface area (TPSA) is 65.2 Å². The van der Waals surface area contributed by atoms with E-state index < -0.39 is 0 Å². The molecule has 0 radical (unpaired) electrons. The number of ketones is 1. The average Bonchev–Trinajstić information content (AvgIpc) is 2.20. The number of carbonyl (C=O) groups is 1. The fourth-order valence-corrected chi connectivity index (χ4v) is 1.05. The molecule has 0 amide bonds. The number of nitrogens with zero attached hydrogens (tertiary/aromatic N) is 1. The zero-order valence-corrected chi connectivity index (χ0v) is 7.98. The lowest BCUT2D eigenvalue weighted by Crippen LogP contribution is -2.16. The highest BCUT2D eigenvalue weighted by Crippen LogP contribution is 1.97. The third-order valence-electron chi connectivity index (χ3n) is 1.65. The van der Waals surface area contributed by atoms with E-state index in [-0.39, 0.29) is 12.4 Å². The number of nitrogens with two attached hydrogens (primary N) is 1. The standard InChI is InChI=1S/C10H14N2O2/c11-3-5-14-8-10(13)6-9-2-1-4-12-7-9/h1-2,4,7H,3,5-6,8,11H2. The lowest BCUT2D eigenvalue weighted by Gasteiger charge is -2.01. The van der Waals surface area contributed by atoms with Crippen LogP contribution in [0.1, 0.15) is 5.56 Å². The van der Waals surface area contributed by atoms with Crippen LogP contribution in [0.4, 0.5) is 0 Å². The summed E-state index contributed by atoms with van der Waals surface area (Å²) in [6.45, 7) is 1.01. The molecule has 0 saturated heterocycles. The van der Waals surface area contributed by atoms with Crippen molar-refractivity contribution in [1.29, 1.82) is 0 Å². The van der Waals surface area contributed by atoms with Crippen molar-refractivity contribution in [2.24, 2.45) is 5.73 Å². The van der Waals surface area contributed by atoms with Gasteiger partial charge in [-0.05, 0) is 11.6 Å². The van der Waals surface area contributed by atoms with Gasteiger partial charge in [0.2, 0.25) is 0 Å². The molecule has 1 aromatic heterocycles. The molecule has 1 rings (SSSR count). The van der Waals surface area contributed by atoms with Crippen molar-refractivity contribution in [2.75, 3.05) is 19.8 Å². The predicted molar refractivity (Wildman–Crippen MR) is 52.8 cm³/mol. The SMILES string of the molecule is NCCOCC(=O)Cc1cccnc1. The van der Waals surface area contributed by atoms with Crippen LogP contribution in [-0.4, -0.2) is 30.5 Å². The largest absolute Gasteiger partial charge is 0.372 e. The quantitative estimate of drug-likeness (QED) is 0.655. The summed E-state index contributed by atoms with van der Waals surface area (Å²) >= 11 is 0. The summed E-state index contributed by atoms with van der Waals surface area (Å²) in [5.41, 5.74) is 6.13. The van der Waals surface area contributed by atoms with E-state index in [4.69, 9.17) is 10.5 Å². The third kappa shape index (κ3) is 4.11. The molecular formula is C10H14N2O2. The van der Waals surface area contributed by atoms with E-state index in [1.54, 1.807) is 12.4 Å². The molecule has 1 heterocycles. The maximum absolute atomic E-state index is 11.3. The third-order valence-corrected chi connectivity index (χ3v) is 1.65. The molecule has 0 unspecified atom stereocenters. The highest BCUT2D eigenvalue weighted by molar-refractivity contribution is 5.81. The predicted octanol–water partition coefficient (Wildman–Crippen LogP) is 0.168. The number of pyridine rings is 1. The molecule has 76 valence electrons. The van der Waals surface area contributed by atoms with E-state index in [0.717, 1.165) is 5.56 Å². The van der Waals surface area contributed by atoms with Crippen LogP contribution in [0.2, 0.25) is 0 Å². The summed E-state index contributed by atoms with van der Waals surface area (Å²) in [4.78, 5) is 15.2. The number of Topliss-reactive ketones (excluding diaryl/α,β-unsaturated/α-hetero) is 1. The van der Waals surface area contributed by atoms with Crippen LogP contribution in [0.15, 0.2) is 24.5 Å². The molecular weight excluding hydrogens is 180 g/mol. The molecule has 0 fully saturated rings. The van der Waals surface area contributed by atoms with Crippen LogP contribution in [0.5, 0.6) is 0 Å². The normalized spacial score (nSPS) is 10.1. The summed E-state index contributed by atoms with van der Waals surface area (Å²) < 4.78 is 5.02. The first-order valence-electron chi connectivity index (χ1n) is 4.51. The Labute approximate surface area is 83.1 Å². The van der Waals surface area contributed by atoms with Crippen molar-refractivity contribution in [3.05, 3.63) is 30.1 Å². The van der Waals surface area contributed by atoms with Crippen LogP contribution in [0.3, 0.4) is 0 Å². The van der Waals surface area contributed by atoms with Gasteiger partial charge >= 0.3 is 0 Å². The fraction of sp³-hybridized carbons (Fsp3) is 0.400. The van der Waals surface area contributed by atoms with E-state index in [9.17, 15) is 4.79 Å². The monoisotopic (exact) mass is 194 g/mol. The minimum Gasteiger partial charge on any atom is -0.372 e. The number of hydrogen-bond acceptors (Lipinski definition) is 4. The van der Waals surface area contributed by atoms with Gasteiger partial charge in [0.1, 0.15) is 6.61 Å². The number of carbonyl (C=O) groups excluding carboxylic acids is 1. The molecule has 0 aliphatic carbocycles. The van der Waals surface area contributed by atoms with Crippen molar-refractivity contribution < 1.29 is 9.53 Å². The maximum atomic E-state index is 11.3. The second-order valence-corrected chi connectivity index (χ2v) is 2.92. The lowest BCUT2D eigenvalue weighted by molar-refractivity contribution is -0.122. The molecule has 1 aromatic rings. The first kappa shape index (κ1) is 10.8. The fourth-order valence-electron chi connectivity index (χ4n) is 1.05. The van der Waals surface area contributed by atoms with Crippen LogP contribution in [-0.2, 0) is 16.0 Å². The maximum Gasteiger partial charge on any atom is 0.162 e. The highest BCUT2D eigenvalue weighted by atomic mass is 16.5. The highest BCUT2D eigenvalue weighted by Gasteiger charge is 2.02. The zero-order valence-electron chi connectivity index (χ0n) is 7.98. The Morgan fingerprint density at radius 3 is 3.07 bits per heavy atom. The molecule has 0 aliphatic heterocycles. The molecule has 14 heavy (non-hydrogen) atoms. The molecule has 4 nitrogen and oxygen atoms in total. The Bertz CT molecular complexity index is 275. The van der Waals surface area contributed by atoms with Crippen molar-refractivity contribution in [1.82, 2.24) is 4.98 Å². The van der Waals surface area contributed by atoms with Gasteiger partial charge in [-0.25, -0.2) is 0 Å². The minimum atomic E-state index is 0.0476. The molecule has 2 N–H and O–H groups in total. The van der Waals surface area contributed by atoms with Gasteiger partial charge in [0.05, 0.1) is 6.61 Å². The second-order valence-electron chi connectivity index (χ2n) is 2.92. The van der Waals surface area contributed by atoms with Crippen LogP contribution < -0.4 is 5.73 Å². The van der Waals surface area contributed by atoms with Crippen molar-refractivity contribution in [3.63, 3.8) is 0 Å². The van der Waals surface area contributed by atoms with Gasteiger partial charge in [-0.3, -0.25) is 9.78 Å². The molecule has 4 heteroatoms. The first-order valence-corrected chi connectivity index (χ1v) is 4.51. The number of hydrogen-bond donors (Lipinski definition) is 1. The number of rotatable bonds is 6. The van der Waals surface area contributed by atoms with Gasteiger partial charge in [0.25, 0.3) is 0 Å². The van der Waals surface area contributed by atoms with Crippen LogP contribution in [0.25, 0.3) is 0 Å². The van der Waals surface area contributed by atoms with Crippen LogP contribution >= 0.6 is 0 Å². The molecule has 0 atom stereocenters. The van der Waals surface area contributed by atoms with Gasteiger partial charge < -0.3 is 10.5 Å². The van der Waals surface area contributed by atoms with Gasteiger partial charge in [0, 0.05) is 25.4 Å². The second kappa shape index (κ2) is 6.23. The number of aromatic nitrogens is 1. The van der Waals surface area contributed by atoms with Gasteiger partial charge in [0.15, 0.2) is 5.78 Å². The minimum absolute atomic E-state index is 0.0476. The smallest absolute Gasteiger partial charge is 0.162 e. The summed E-state index contributed by atoms with van der Waals surface area (Å²) in [5.74, 6) is 0.0476. The number of ether oxygens (including phenoxy) is 1. The van der Waals surface area contributed by atoms with Gasteiger partial charge in [-0.2, -0.15) is 0 Å². The summed E-state index contributed by atoms with van der Waals surface area (Å²) in [6, 6.07) is 3.68. The molecule has 0 spiro atoms. The van der Waals surface area contributed by atoms with E-state index in [2.05, 4.69) is 4.98 Å². The molecule has 0 bridgehead atoms. The Balaban J connectivity index is 2.27. The zero-order chi connectivity index (χ0) is 10.2. The molecule has 0 aliphatic rings. The van der Waals surface area contributed by atoms with E-state index in [1.807, 2.05) is 12.1 Å². The summed E-state index contributed by atoms with van der Waals surface area (Å²) in [7, 11) is 0. The Hall–Kier alpha value is -1.26. The summed E-state index contributed by atoms with van der Waals surface area (Å²) in [6.07, 6.45) is 3.73. The van der Waals surface area contributed by atoms with Gasteiger partial charge in [-0.15, -0.1) is 0 Å². The first-order chi connectivity index (χ1) is 6.83. The average molecular weight is 194 g/mol. The van der Waals surface area contributed by atoms with E-state index in [1.165, 1.54) is 0 Å². The van der Waals surface area contributed by atoms with Crippen molar-refractivity contribution in [3.8, 4) is 0 Å². The molecule has 0 saturated carbocycles. The van der Waals surface area contributed by atoms with E-state index in [0.29, 0.717) is 19.6 Å². The Morgan fingerprint density at radius 1 is 1.57 bits per heavy atom.